The molecule has 1 aliphatic heterocycles. The number of nitro benzene ring substituents is 1. The van der Waals surface area contributed by atoms with Gasteiger partial charge in [0.25, 0.3) is 17.5 Å². The van der Waals surface area contributed by atoms with Crippen molar-refractivity contribution in [2.24, 2.45) is 0 Å². The molecule has 0 bridgehead atoms. The Morgan fingerprint density at radius 3 is 2.58 bits per heavy atom. The number of hydrogen-bond donors (Lipinski definition) is 2. The van der Waals surface area contributed by atoms with Gasteiger partial charge in [-0.25, -0.2) is 0 Å². The summed E-state index contributed by atoms with van der Waals surface area (Å²) in [6.07, 6.45) is 2.85. The fourth-order valence-electron chi connectivity index (χ4n) is 3.80. The van der Waals surface area contributed by atoms with Crippen molar-refractivity contribution >= 4 is 28.9 Å². The summed E-state index contributed by atoms with van der Waals surface area (Å²) >= 11 is 0. The van der Waals surface area contributed by atoms with Gasteiger partial charge in [-0.1, -0.05) is 6.07 Å². The number of carbonyl (C=O) groups is 2. The van der Waals surface area contributed by atoms with Crippen LogP contribution in [-0.2, 0) is 4.74 Å². The van der Waals surface area contributed by atoms with Gasteiger partial charge in [0, 0.05) is 61.4 Å². The minimum atomic E-state index is -0.509. The van der Waals surface area contributed by atoms with Crippen molar-refractivity contribution in [3.05, 3.63) is 63.2 Å². The van der Waals surface area contributed by atoms with Crippen LogP contribution in [0.5, 0.6) is 0 Å². The zero-order chi connectivity index (χ0) is 23.8. The van der Waals surface area contributed by atoms with E-state index >= 15 is 0 Å². The molecule has 0 aromatic heterocycles. The smallest absolute Gasteiger partial charge is 0.273 e. The molecule has 0 unspecified atom stereocenters. The third-order valence-electron chi connectivity index (χ3n) is 5.57. The zero-order valence-electron chi connectivity index (χ0n) is 19.1. The van der Waals surface area contributed by atoms with Gasteiger partial charge in [-0.15, -0.1) is 0 Å². The second kappa shape index (κ2) is 11.4. The maximum absolute atomic E-state index is 13.0. The highest BCUT2D eigenvalue weighted by atomic mass is 16.6. The third-order valence-corrected chi connectivity index (χ3v) is 5.57. The third kappa shape index (κ3) is 6.29. The Balaban J connectivity index is 1.79. The van der Waals surface area contributed by atoms with Crippen LogP contribution >= 0.6 is 0 Å². The fourth-order valence-corrected chi connectivity index (χ4v) is 3.80. The van der Waals surface area contributed by atoms with Gasteiger partial charge in [-0.05, 0) is 57.4 Å². The molecule has 9 heteroatoms. The SMILES string of the molecule is CCOCCCNC(=O)c1cc(NC(=O)c2ccc(C)c([N+](=O)[O-])c2)ccc1N1CCCC1. The molecule has 2 amide bonds. The van der Waals surface area contributed by atoms with Crippen LogP contribution in [0.25, 0.3) is 0 Å². The van der Waals surface area contributed by atoms with Gasteiger partial charge < -0.3 is 20.3 Å². The number of nitrogens with zero attached hydrogens (tertiary/aromatic N) is 2. The molecule has 2 N–H and O–H groups in total. The van der Waals surface area contributed by atoms with E-state index in [1.54, 1.807) is 31.2 Å². The molecule has 0 atom stereocenters. The van der Waals surface area contributed by atoms with Crippen molar-refractivity contribution in [3.8, 4) is 0 Å². The zero-order valence-corrected chi connectivity index (χ0v) is 19.1. The van der Waals surface area contributed by atoms with Crippen molar-refractivity contribution in [2.75, 3.05) is 43.1 Å². The minimum Gasteiger partial charge on any atom is -0.382 e. The Kier molecular flexibility index (Phi) is 8.37. The number of nitro groups is 1. The first-order valence-electron chi connectivity index (χ1n) is 11.2. The van der Waals surface area contributed by atoms with Gasteiger partial charge in [-0.2, -0.15) is 0 Å². The van der Waals surface area contributed by atoms with Crippen LogP contribution in [0, 0.1) is 17.0 Å². The lowest BCUT2D eigenvalue weighted by Crippen LogP contribution is -2.29. The lowest BCUT2D eigenvalue weighted by Gasteiger charge is -2.22. The summed E-state index contributed by atoms with van der Waals surface area (Å²) in [5.74, 6) is -0.689. The predicted molar refractivity (Wildman–Crippen MR) is 127 cm³/mol. The number of benzene rings is 2. The number of rotatable bonds is 10. The van der Waals surface area contributed by atoms with Gasteiger partial charge in [0.05, 0.1) is 10.5 Å². The number of hydrogen-bond acceptors (Lipinski definition) is 6. The number of nitrogens with one attached hydrogen (secondary N) is 2. The van der Waals surface area contributed by atoms with Crippen LogP contribution in [0.2, 0.25) is 0 Å². The highest BCUT2D eigenvalue weighted by Gasteiger charge is 2.21. The van der Waals surface area contributed by atoms with Crippen LogP contribution in [0.3, 0.4) is 0 Å². The minimum absolute atomic E-state index is 0.112. The molecule has 2 aromatic rings. The van der Waals surface area contributed by atoms with Gasteiger partial charge in [0.1, 0.15) is 0 Å². The summed E-state index contributed by atoms with van der Waals surface area (Å²) in [4.78, 5) is 38.6. The maximum Gasteiger partial charge on any atom is 0.273 e. The summed E-state index contributed by atoms with van der Waals surface area (Å²) in [5, 5.41) is 16.9. The van der Waals surface area contributed by atoms with Crippen LogP contribution in [0.1, 0.15) is 52.5 Å². The predicted octanol–water partition coefficient (Wildman–Crippen LogP) is 3.91. The van der Waals surface area contributed by atoms with Gasteiger partial charge in [0.15, 0.2) is 0 Å². The monoisotopic (exact) mass is 454 g/mol. The van der Waals surface area contributed by atoms with E-state index in [-0.39, 0.29) is 17.2 Å². The standard InChI is InChI=1S/C24H30N4O5/c1-3-33-14-6-11-25-24(30)20-16-19(9-10-21(20)27-12-4-5-13-27)26-23(29)18-8-7-17(2)22(15-18)28(31)32/h7-10,15-16H,3-6,11-14H2,1-2H3,(H,25,30)(H,26,29). The molecule has 3 rings (SSSR count). The normalized spacial score (nSPS) is 13.1. The summed E-state index contributed by atoms with van der Waals surface area (Å²) in [6, 6.07) is 9.60. The van der Waals surface area contributed by atoms with E-state index in [1.165, 1.54) is 6.07 Å². The largest absolute Gasteiger partial charge is 0.382 e. The lowest BCUT2D eigenvalue weighted by atomic mass is 10.1. The molecular formula is C24H30N4O5. The molecule has 2 aromatic carbocycles. The number of carbonyl (C=O) groups excluding carboxylic acids is 2. The molecule has 0 spiro atoms. The van der Waals surface area contributed by atoms with Crippen LogP contribution in [0.15, 0.2) is 36.4 Å². The topological polar surface area (TPSA) is 114 Å². The summed E-state index contributed by atoms with van der Waals surface area (Å²) in [6.45, 7) is 7.01. The molecule has 0 radical (unpaired) electrons. The first kappa shape index (κ1) is 24.2. The first-order valence-corrected chi connectivity index (χ1v) is 11.2. The second-order valence-electron chi connectivity index (χ2n) is 7.94. The summed E-state index contributed by atoms with van der Waals surface area (Å²) in [7, 11) is 0. The van der Waals surface area contributed by atoms with E-state index in [9.17, 15) is 19.7 Å². The van der Waals surface area contributed by atoms with E-state index in [1.807, 2.05) is 13.0 Å². The molecule has 1 fully saturated rings. The highest BCUT2D eigenvalue weighted by molar-refractivity contribution is 6.06. The van der Waals surface area contributed by atoms with Crippen molar-refractivity contribution in [1.29, 1.82) is 0 Å². The van der Waals surface area contributed by atoms with Crippen molar-refractivity contribution < 1.29 is 19.2 Å². The van der Waals surface area contributed by atoms with Crippen LogP contribution in [0.4, 0.5) is 17.1 Å². The molecule has 9 nitrogen and oxygen atoms in total. The Labute approximate surface area is 193 Å². The van der Waals surface area contributed by atoms with Crippen molar-refractivity contribution in [3.63, 3.8) is 0 Å². The van der Waals surface area contributed by atoms with Gasteiger partial charge >= 0.3 is 0 Å². The van der Waals surface area contributed by atoms with Crippen molar-refractivity contribution in [2.45, 2.75) is 33.1 Å². The van der Waals surface area contributed by atoms with E-state index in [0.717, 1.165) is 31.6 Å². The number of amides is 2. The molecule has 33 heavy (non-hydrogen) atoms. The molecule has 176 valence electrons. The van der Waals surface area contributed by atoms with Crippen molar-refractivity contribution in [1.82, 2.24) is 5.32 Å². The average molecular weight is 455 g/mol. The summed E-state index contributed by atoms with van der Waals surface area (Å²) in [5.41, 5.74) is 2.32. The Bertz CT molecular complexity index is 1020. The van der Waals surface area contributed by atoms with Crippen LogP contribution in [-0.4, -0.2) is 49.6 Å². The van der Waals surface area contributed by atoms with Crippen LogP contribution < -0.4 is 15.5 Å². The molecule has 0 saturated carbocycles. The van der Waals surface area contributed by atoms with Gasteiger partial charge in [0.2, 0.25) is 0 Å². The molecule has 1 heterocycles. The molecule has 0 aliphatic carbocycles. The van der Waals surface area contributed by atoms with E-state index < -0.39 is 10.8 Å². The van der Waals surface area contributed by atoms with Gasteiger partial charge in [-0.3, -0.25) is 19.7 Å². The quantitative estimate of drug-likeness (QED) is 0.320. The van der Waals surface area contributed by atoms with E-state index in [4.69, 9.17) is 4.74 Å². The molecule has 1 saturated heterocycles. The second-order valence-corrected chi connectivity index (χ2v) is 7.94. The number of anilines is 2. The maximum atomic E-state index is 13.0. The summed E-state index contributed by atoms with van der Waals surface area (Å²) < 4.78 is 5.31. The number of aryl methyl sites for hydroxylation is 1. The first-order chi connectivity index (χ1) is 15.9. The lowest BCUT2D eigenvalue weighted by molar-refractivity contribution is -0.385. The Hall–Kier alpha value is -3.46. The Morgan fingerprint density at radius 2 is 1.88 bits per heavy atom. The van der Waals surface area contributed by atoms with E-state index in [2.05, 4.69) is 15.5 Å². The Morgan fingerprint density at radius 1 is 1.12 bits per heavy atom. The molecular weight excluding hydrogens is 424 g/mol. The average Bonchev–Trinajstić information content (AvgIpc) is 3.33. The van der Waals surface area contributed by atoms with E-state index in [0.29, 0.717) is 43.0 Å². The highest BCUT2D eigenvalue weighted by Crippen LogP contribution is 2.28. The molecule has 1 aliphatic rings. The number of ether oxygens (including phenoxy) is 1. The fraction of sp³-hybridized carbons (Fsp3) is 0.417.